The van der Waals surface area contributed by atoms with Gasteiger partial charge in [-0.1, -0.05) is 6.07 Å². The van der Waals surface area contributed by atoms with Crippen LogP contribution in [0.5, 0.6) is 11.5 Å². The van der Waals surface area contributed by atoms with E-state index in [1.807, 2.05) is 17.4 Å². The monoisotopic (exact) mass is 376 g/mol. The van der Waals surface area contributed by atoms with Gasteiger partial charge in [0.2, 0.25) is 0 Å². The van der Waals surface area contributed by atoms with Crippen LogP contribution >= 0.6 is 11.3 Å². The molecule has 1 aliphatic rings. The second-order valence-electron chi connectivity index (χ2n) is 6.42. The molecule has 0 unspecified atom stereocenters. The lowest BCUT2D eigenvalue weighted by Crippen LogP contribution is -2.42. The SMILES string of the molecule is COc1ccc([C@H](CNCc2ccc(C)s2)N2CCOCC2)cc1OC. The summed E-state index contributed by atoms with van der Waals surface area (Å²) in [6, 6.07) is 10.9. The van der Waals surface area contributed by atoms with Gasteiger partial charge in [0.25, 0.3) is 0 Å². The molecule has 1 aromatic heterocycles. The van der Waals surface area contributed by atoms with Crippen LogP contribution in [-0.2, 0) is 11.3 Å². The van der Waals surface area contributed by atoms with E-state index in [-0.39, 0.29) is 6.04 Å². The second kappa shape index (κ2) is 9.37. The first-order valence-corrected chi connectivity index (χ1v) is 9.82. The maximum Gasteiger partial charge on any atom is 0.161 e. The standard InChI is InChI=1S/C20H28N2O3S/c1-15-4-6-17(26-15)13-21-14-18(22-8-10-25-11-9-22)16-5-7-19(23-2)20(12-16)24-3/h4-7,12,18,21H,8-11,13-14H2,1-3H3/t18-/m0/s1. The Kier molecular flexibility index (Phi) is 6.91. The highest BCUT2D eigenvalue weighted by atomic mass is 32.1. The zero-order valence-corrected chi connectivity index (χ0v) is 16.6. The molecule has 3 rings (SSSR count). The van der Waals surface area contributed by atoms with E-state index in [2.05, 4.69) is 41.4 Å². The summed E-state index contributed by atoms with van der Waals surface area (Å²) in [5.74, 6) is 1.54. The third-order valence-corrected chi connectivity index (χ3v) is 5.71. The largest absolute Gasteiger partial charge is 0.493 e. The van der Waals surface area contributed by atoms with Crippen molar-refractivity contribution in [1.29, 1.82) is 0 Å². The highest BCUT2D eigenvalue weighted by Gasteiger charge is 2.23. The number of hydrogen-bond donors (Lipinski definition) is 1. The average molecular weight is 377 g/mol. The zero-order valence-electron chi connectivity index (χ0n) is 15.8. The van der Waals surface area contributed by atoms with Crippen molar-refractivity contribution in [3.8, 4) is 11.5 Å². The number of nitrogens with one attached hydrogen (secondary N) is 1. The smallest absolute Gasteiger partial charge is 0.161 e. The van der Waals surface area contributed by atoms with E-state index in [4.69, 9.17) is 14.2 Å². The normalized spacial score (nSPS) is 16.4. The van der Waals surface area contributed by atoms with E-state index in [0.717, 1.165) is 50.9 Å². The Morgan fingerprint density at radius 3 is 2.54 bits per heavy atom. The molecule has 1 saturated heterocycles. The van der Waals surface area contributed by atoms with E-state index >= 15 is 0 Å². The summed E-state index contributed by atoms with van der Waals surface area (Å²) >= 11 is 1.85. The van der Waals surface area contributed by atoms with Crippen molar-refractivity contribution < 1.29 is 14.2 Å². The number of thiophene rings is 1. The molecule has 0 spiro atoms. The summed E-state index contributed by atoms with van der Waals surface area (Å²) in [5.41, 5.74) is 1.24. The van der Waals surface area contributed by atoms with Gasteiger partial charge in [-0.2, -0.15) is 0 Å². The molecule has 1 N–H and O–H groups in total. The fourth-order valence-electron chi connectivity index (χ4n) is 3.32. The van der Waals surface area contributed by atoms with Crippen molar-refractivity contribution in [3.63, 3.8) is 0 Å². The van der Waals surface area contributed by atoms with Gasteiger partial charge in [-0.25, -0.2) is 0 Å². The lowest BCUT2D eigenvalue weighted by molar-refractivity contribution is 0.0160. The van der Waals surface area contributed by atoms with Crippen molar-refractivity contribution in [3.05, 3.63) is 45.6 Å². The molecule has 1 atom stereocenters. The zero-order chi connectivity index (χ0) is 18.4. The number of aryl methyl sites for hydroxylation is 1. The minimum absolute atomic E-state index is 0.278. The molecular weight excluding hydrogens is 348 g/mol. The van der Waals surface area contributed by atoms with E-state index in [0.29, 0.717) is 0 Å². The molecule has 1 aromatic carbocycles. The molecule has 2 aromatic rings. The Balaban J connectivity index is 1.74. The molecule has 1 aliphatic heterocycles. The number of rotatable bonds is 8. The van der Waals surface area contributed by atoms with Gasteiger partial charge in [0.05, 0.1) is 27.4 Å². The summed E-state index contributed by atoms with van der Waals surface area (Å²) in [5, 5.41) is 3.63. The quantitative estimate of drug-likeness (QED) is 0.766. The third kappa shape index (κ3) is 4.76. The average Bonchev–Trinajstić information content (AvgIpc) is 3.10. The number of nitrogens with zero attached hydrogens (tertiary/aromatic N) is 1. The maximum absolute atomic E-state index is 5.54. The van der Waals surface area contributed by atoms with Crippen LogP contribution < -0.4 is 14.8 Å². The van der Waals surface area contributed by atoms with E-state index in [1.165, 1.54) is 15.3 Å². The van der Waals surface area contributed by atoms with Gasteiger partial charge in [0.15, 0.2) is 11.5 Å². The highest BCUT2D eigenvalue weighted by Crippen LogP contribution is 2.32. The first-order valence-electron chi connectivity index (χ1n) is 9.01. The van der Waals surface area contributed by atoms with Crippen LogP contribution in [0.4, 0.5) is 0 Å². The molecule has 1 fully saturated rings. The Morgan fingerprint density at radius 2 is 1.88 bits per heavy atom. The minimum Gasteiger partial charge on any atom is -0.493 e. The van der Waals surface area contributed by atoms with E-state index in [1.54, 1.807) is 14.2 Å². The number of ether oxygens (including phenoxy) is 3. The molecule has 26 heavy (non-hydrogen) atoms. The number of hydrogen-bond acceptors (Lipinski definition) is 6. The molecule has 0 radical (unpaired) electrons. The summed E-state index contributed by atoms with van der Waals surface area (Å²) in [4.78, 5) is 5.21. The predicted octanol–water partition coefficient (Wildman–Crippen LogP) is 3.24. The molecule has 0 saturated carbocycles. The van der Waals surface area contributed by atoms with Crippen LogP contribution in [0.15, 0.2) is 30.3 Å². The third-order valence-electron chi connectivity index (χ3n) is 4.71. The summed E-state index contributed by atoms with van der Waals surface area (Å²) in [7, 11) is 3.35. The summed E-state index contributed by atoms with van der Waals surface area (Å²) in [6.45, 7) is 7.38. The second-order valence-corrected chi connectivity index (χ2v) is 7.79. The molecule has 5 nitrogen and oxygen atoms in total. The number of benzene rings is 1. The highest BCUT2D eigenvalue weighted by molar-refractivity contribution is 7.11. The lowest BCUT2D eigenvalue weighted by Gasteiger charge is -2.35. The Hall–Kier alpha value is -1.60. The maximum atomic E-state index is 5.54. The van der Waals surface area contributed by atoms with Gasteiger partial charge in [-0.15, -0.1) is 11.3 Å². The van der Waals surface area contributed by atoms with E-state index in [9.17, 15) is 0 Å². The molecule has 0 bridgehead atoms. The Morgan fingerprint density at radius 1 is 1.12 bits per heavy atom. The lowest BCUT2D eigenvalue weighted by atomic mass is 10.0. The van der Waals surface area contributed by atoms with E-state index < -0.39 is 0 Å². The molecule has 0 aliphatic carbocycles. The summed E-state index contributed by atoms with van der Waals surface area (Å²) < 4.78 is 16.4. The number of methoxy groups -OCH3 is 2. The van der Waals surface area contributed by atoms with Crippen LogP contribution in [0.2, 0.25) is 0 Å². The molecule has 6 heteroatoms. The van der Waals surface area contributed by atoms with Gasteiger partial charge in [-0.05, 0) is 36.8 Å². The fourth-order valence-corrected chi connectivity index (χ4v) is 4.18. The minimum atomic E-state index is 0.278. The van der Waals surface area contributed by atoms with Crippen LogP contribution in [0.25, 0.3) is 0 Å². The van der Waals surface area contributed by atoms with Gasteiger partial charge in [-0.3, -0.25) is 4.90 Å². The van der Waals surface area contributed by atoms with Crippen molar-refractivity contribution in [2.75, 3.05) is 47.1 Å². The summed E-state index contributed by atoms with van der Waals surface area (Å²) in [6.07, 6.45) is 0. The van der Waals surface area contributed by atoms with Crippen molar-refractivity contribution in [2.45, 2.75) is 19.5 Å². The molecular formula is C20H28N2O3S. The van der Waals surface area contributed by atoms with Crippen molar-refractivity contribution in [1.82, 2.24) is 10.2 Å². The Bertz CT molecular complexity index is 698. The fraction of sp³-hybridized carbons (Fsp3) is 0.500. The van der Waals surface area contributed by atoms with Gasteiger partial charge < -0.3 is 19.5 Å². The Labute approximate surface area is 159 Å². The van der Waals surface area contributed by atoms with Crippen molar-refractivity contribution in [2.24, 2.45) is 0 Å². The van der Waals surface area contributed by atoms with Crippen LogP contribution in [0.1, 0.15) is 21.4 Å². The van der Waals surface area contributed by atoms with Crippen LogP contribution in [-0.4, -0.2) is 52.0 Å². The van der Waals surface area contributed by atoms with Crippen LogP contribution in [0.3, 0.4) is 0 Å². The molecule has 142 valence electrons. The topological polar surface area (TPSA) is 43.0 Å². The first-order chi connectivity index (χ1) is 12.7. The van der Waals surface area contributed by atoms with Gasteiger partial charge in [0, 0.05) is 42.0 Å². The predicted molar refractivity (Wildman–Crippen MR) is 105 cm³/mol. The first kappa shape index (κ1) is 19.2. The van der Waals surface area contributed by atoms with Gasteiger partial charge in [0.1, 0.15) is 0 Å². The van der Waals surface area contributed by atoms with Gasteiger partial charge >= 0.3 is 0 Å². The molecule has 0 amide bonds. The molecule has 2 heterocycles. The number of morpholine rings is 1. The van der Waals surface area contributed by atoms with Crippen LogP contribution in [0, 0.1) is 6.92 Å². The van der Waals surface area contributed by atoms with Crippen molar-refractivity contribution >= 4 is 11.3 Å².